The first-order valence-electron chi connectivity index (χ1n) is 13.3. The summed E-state index contributed by atoms with van der Waals surface area (Å²) < 4.78 is 69.8. The number of hydrogen-bond donors (Lipinski definition) is 5. The number of carbonyl (C=O) groups is 1. The average Bonchev–Trinajstić information content (AvgIpc) is 3.36. The van der Waals surface area contributed by atoms with Crippen LogP contribution in [-0.4, -0.2) is 68.1 Å². The van der Waals surface area contributed by atoms with Crippen LogP contribution in [0.3, 0.4) is 0 Å². The number of urea groups is 1. The molecule has 6 N–H and O–H groups in total. The van der Waals surface area contributed by atoms with Gasteiger partial charge in [0, 0.05) is 23.7 Å². The number of rotatable bonds is 7. The minimum absolute atomic E-state index is 0.0730. The maximum Gasteiger partial charge on any atom is 0.416 e. The molecule has 2 amide bonds. The number of nitrogens with zero attached hydrogens (tertiary/aromatic N) is 4. The van der Waals surface area contributed by atoms with Crippen LogP contribution in [0.5, 0.6) is 0 Å². The SMILES string of the molecule is Nc1ncnn2c(C3CCN(CC(O)CO)CC3)cc(-c3ccc(NC(=O)Nc4cc(C(F)(F)F)ccc4F)c(F)c3)c12. The predicted octanol–water partition coefficient (Wildman–Crippen LogP) is 4.45. The maximum absolute atomic E-state index is 15.2. The van der Waals surface area contributed by atoms with E-state index in [1.54, 1.807) is 4.52 Å². The summed E-state index contributed by atoms with van der Waals surface area (Å²) in [4.78, 5) is 18.5. The van der Waals surface area contributed by atoms with E-state index in [1.807, 2.05) is 11.4 Å². The van der Waals surface area contributed by atoms with Crippen molar-refractivity contribution in [2.75, 3.05) is 42.6 Å². The fourth-order valence-corrected chi connectivity index (χ4v) is 5.23. The van der Waals surface area contributed by atoms with Crippen LogP contribution in [0.15, 0.2) is 48.8 Å². The number of alkyl halides is 3. The zero-order valence-corrected chi connectivity index (χ0v) is 22.6. The lowest BCUT2D eigenvalue weighted by atomic mass is 9.92. The Hall–Kier alpha value is -4.34. The number of amides is 2. The third kappa shape index (κ3) is 6.53. The smallest absolute Gasteiger partial charge is 0.394 e. The standard InChI is InChI=1S/C28H28F5N7O3/c29-20-3-2-17(28(31,32)33)10-23(20)38-27(43)37-22-4-1-16(9-21(22)30)19-11-24(40-25(19)26(34)35-14-36-40)15-5-7-39(8-6-15)12-18(42)13-41/h1-4,9-11,14-15,18,41-42H,5-8,12-13H2,(H2,34,35,36)(H2,37,38,43). The van der Waals surface area contributed by atoms with Gasteiger partial charge in [0.1, 0.15) is 23.5 Å². The Balaban J connectivity index is 1.36. The highest BCUT2D eigenvalue weighted by Crippen LogP contribution is 2.37. The number of nitrogen functional groups attached to an aromatic ring is 1. The summed E-state index contributed by atoms with van der Waals surface area (Å²) in [5.41, 5.74) is 6.28. The quantitative estimate of drug-likeness (QED) is 0.196. The minimum atomic E-state index is -4.75. The number of likely N-dealkylation sites (tertiary alicyclic amines) is 1. The van der Waals surface area contributed by atoms with Gasteiger partial charge in [0.05, 0.1) is 29.6 Å². The van der Waals surface area contributed by atoms with Gasteiger partial charge < -0.3 is 31.5 Å². The summed E-state index contributed by atoms with van der Waals surface area (Å²) in [6.07, 6.45) is -2.76. The van der Waals surface area contributed by atoms with E-state index in [0.29, 0.717) is 54.5 Å². The van der Waals surface area contributed by atoms with Crippen LogP contribution < -0.4 is 16.4 Å². The van der Waals surface area contributed by atoms with Crippen LogP contribution in [0.1, 0.15) is 30.0 Å². The van der Waals surface area contributed by atoms with Crippen molar-refractivity contribution in [3.8, 4) is 11.1 Å². The van der Waals surface area contributed by atoms with Gasteiger partial charge in [-0.25, -0.2) is 23.1 Å². The van der Waals surface area contributed by atoms with Crippen LogP contribution in [0.2, 0.25) is 0 Å². The summed E-state index contributed by atoms with van der Waals surface area (Å²) in [5, 5.41) is 27.4. The van der Waals surface area contributed by atoms with Crippen molar-refractivity contribution in [1.29, 1.82) is 0 Å². The molecule has 10 nitrogen and oxygen atoms in total. The molecule has 3 heterocycles. The molecule has 1 aliphatic rings. The minimum Gasteiger partial charge on any atom is -0.394 e. The molecule has 0 saturated carbocycles. The monoisotopic (exact) mass is 605 g/mol. The van der Waals surface area contributed by atoms with Crippen LogP contribution in [0.4, 0.5) is 43.9 Å². The fourth-order valence-electron chi connectivity index (χ4n) is 5.23. The first-order valence-corrected chi connectivity index (χ1v) is 13.3. The number of hydrogen-bond acceptors (Lipinski definition) is 7. The van der Waals surface area contributed by atoms with Crippen LogP contribution in [0.25, 0.3) is 16.6 Å². The third-order valence-corrected chi connectivity index (χ3v) is 7.37. The molecule has 4 aromatic rings. The number of carbonyl (C=O) groups excluding carboxylic acids is 1. The number of nitrogens with two attached hydrogens (primary N) is 1. The van der Waals surface area contributed by atoms with Gasteiger partial charge in [0.25, 0.3) is 0 Å². The molecule has 2 aromatic carbocycles. The Morgan fingerprint density at radius 1 is 1.05 bits per heavy atom. The number of piperidine rings is 1. The van der Waals surface area contributed by atoms with Crippen molar-refractivity contribution >= 4 is 28.7 Å². The van der Waals surface area contributed by atoms with Gasteiger partial charge in [0.15, 0.2) is 5.82 Å². The van der Waals surface area contributed by atoms with E-state index in [9.17, 15) is 27.5 Å². The second-order valence-electron chi connectivity index (χ2n) is 10.3. The van der Waals surface area contributed by atoms with E-state index in [1.165, 1.54) is 18.5 Å². The Kier molecular flexibility index (Phi) is 8.48. The number of β-amino-alcohol motifs (C(OH)–C–C–N with tert-alkyl or cyclic N) is 1. The summed E-state index contributed by atoms with van der Waals surface area (Å²) in [7, 11) is 0. The molecule has 5 rings (SSSR count). The predicted molar refractivity (Wildman–Crippen MR) is 148 cm³/mol. The van der Waals surface area contributed by atoms with E-state index in [0.717, 1.165) is 24.6 Å². The molecule has 1 atom stereocenters. The van der Waals surface area contributed by atoms with E-state index >= 15 is 4.39 Å². The van der Waals surface area contributed by atoms with Crippen LogP contribution in [-0.2, 0) is 6.18 Å². The van der Waals surface area contributed by atoms with Crippen molar-refractivity contribution in [3.63, 3.8) is 0 Å². The molecule has 1 unspecified atom stereocenters. The molecule has 1 saturated heterocycles. The molecular weight excluding hydrogens is 577 g/mol. The van der Waals surface area contributed by atoms with E-state index in [4.69, 9.17) is 10.8 Å². The molecular formula is C28H28F5N7O3. The highest BCUT2D eigenvalue weighted by atomic mass is 19.4. The molecule has 0 bridgehead atoms. The number of anilines is 3. The number of halogens is 5. The Bertz CT molecular complexity index is 1640. The number of aliphatic hydroxyl groups is 2. The number of aromatic nitrogens is 3. The molecule has 43 heavy (non-hydrogen) atoms. The summed E-state index contributed by atoms with van der Waals surface area (Å²) in [6.45, 7) is 1.43. The third-order valence-electron chi connectivity index (χ3n) is 7.37. The average molecular weight is 606 g/mol. The molecule has 15 heteroatoms. The lowest BCUT2D eigenvalue weighted by Gasteiger charge is -2.32. The Morgan fingerprint density at radius 2 is 1.77 bits per heavy atom. The van der Waals surface area contributed by atoms with E-state index in [2.05, 4.69) is 20.3 Å². The number of aliphatic hydroxyl groups excluding tert-OH is 2. The Morgan fingerprint density at radius 3 is 2.44 bits per heavy atom. The van der Waals surface area contributed by atoms with E-state index < -0.39 is 41.2 Å². The van der Waals surface area contributed by atoms with Gasteiger partial charge in [-0.2, -0.15) is 18.3 Å². The molecule has 0 radical (unpaired) electrons. The highest BCUT2D eigenvalue weighted by molar-refractivity contribution is 6.00. The lowest BCUT2D eigenvalue weighted by molar-refractivity contribution is -0.137. The molecule has 1 aliphatic heterocycles. The molecule has 228 valence electrons. The molecule has 0 spiro atoms. The van der Waals surface area contributed by atoms with Crippen LogP contribution in [0, 0.1) is 11.6 Å². The van der Waals surface area contributed by atoms with Gasteiger partial charge in [-0.05, 0) is 67.9 Å². The van der Waals surface area contributed by atoms with Gasteiger partial charge in [0.2, 0.25) is 0 Å². The number of benzene rings is 2. The molecule has 2 aromatic heterocycles. The largest absolute Gasteiger partial charge is 0.416 e. The van der Waals surface area contributed by atoms with Crippen molar-refractivity contribution in [1.82, 2.24) is 19.5 Å². The number of nitrogens with one attached hydrogen (secondary N) is 2. The molecule has 1 fully saturated rings. The number of fused-ring (bicyclic) bond motifs is 1. The van der Waals surface area contributed by atoms with Gasteiger partial charge in [-0.15, -0.1) is 0 Å². The van der Waals surface area contributed by atoms with Crippen molar-refractivity contribution in [2.24, 2.45) is 0 Å². The summed E-state index contributed by atoms with van der Waals surface area (Å²) >= 11 is 0. The fraction of sp³-hybridized carbons (Fsp3) is 0.321. The summed E-state index contributed by atoms with van der Waals surface area (Å²) in [6, 6.07) is 6.22. The van der Waals surface area contributed by atoms with Crippen LogP contribution >= 0.6 is 0 Å². The maximum atomic E-state index is 15.2. The highest BCUT2D eigenvalue weighted by Gasteiger charge is 2.31. The van der Waals surface area contributed by atoms with E-state index in [-0.39, 0.29) is 24.0 Å². The zero-order chi connectivity index (χ0) is 30.9. The second kappa shape index (κ2) is 12.1. The first kappa shape index (κ1) is 30.1. The molecule has 0 aliphatic carbocycles. The van der Waals surface area contributed by atoms with Gasteiger partial charge in [-0.3, -0.25) is 0 Å². The topological polar surface area (TPSA) is 141 Å². The normalized spacial score (nSPS) is 15.5. The van der Waals surface area contributed by atoms with Crippen molar-refractivity contribution in [2.45, 2.75) is 31.0 Å². The summed E-state index contributed by atoms with van der Waals surface area (Å²) in [5.74, 6) is -1.71. The lowest BCUT2D eigenvalue weighted by Crippen LogP contribution is -2.39. The van der Waals surface area contributed by atoms with Crippen molar-refractivity contribution in [3.05, 3.63) is 71.7 Å². The van der Waals surface area contributed by atoms with Crippen molar-refractivity contribution < 1.29 is 37.0 Å². The Labute approximate surface area is 241 Å². The second-order valence-corrected chi connectivity index (χ2v) is 10.3. The zero-order valence-electron chi connectivity index (χ0n) is 22.6. The van der Waals surface area contributed by atoms with Gasteiger partial charge in [-0.1, -0.05) is 6.07 Å². The van der Waals surface area contributed by atoms with Gasteiger partial charge >= 0.3 is 12.2 Å². The first-order chi connectivity index (χ1) is 20.4.